The van der Waals surface area contributed by atoms with Gasteiger partial charge in [-0.2, -0.15) is 0 Å². The highest BCUT2D eigenvalue weighted by atomic mass is 16.2. The Bertz CT molecular complexity index is 329. The average molecular weight is 208 g/mol. The van der Waals surface area contributed by atoms with E-state index in [1.165, 1.54) is 12.8 Å². The lowest BCUT2D eigenvalue weighted by molar-refractivity contribution is -0.148. The van der Waals surface area contributed by atoms with E-state index in [0.29, 0.717) is 12.0 Å². The lowest BCUT2D eigenvalue weighted by Crippen LogP contribution is -2.61. The van der Waals surface area contributed by atoms with Gasteiger partial charge in [-0.15, -0.1) is 0 Å². The highest BCUT2D eigenvalue weighted by molar-refractivity contribution is 5.97. The van der Waals surface area contributed by atoms with E-state index in [1.807, 2.05) is 4.90 Å². The van der Waals surface area contributed by atoms with E-state index >= 15 is 0 Å². The van der Waals surface area contributed by atoms with Crippen LogP contribution in [0.5, 0.6) is 0 Å². The van der Waals surface area contributed by atoms with Crippen molar-refractivity contribution in [2.75, 3.05) is 0 Å². The van der Waals surface area contributed by atoms with Crippen LogP contribution in [0.3, 0.4) is 0 Å². The highest BCUT2D eigenvalue weighted by Crippen LogP contribution is 2.42. The van der Waals surface area contributed by atoms with Gasteiger partial charge in [0.25, 0.3) is 0 Å². The van der Waals surface area contributed by atoms with Crippen LogP contribution in [-0.4, -0.2) is 34.8 Å². The highest BCUT2D eigenvalue weighted by Gasteiger charge is 2.51. The molecule has 4 atom stereocenters. The summed E-state index contributed by atoms with van der Waals surface area (Å²) >= 11 is 0. The largest absolute Gasteiger partial charge is 0.343 e. The van der Waals surface area contributed by atoms with Crippen molar-refractivity contribution in [2.24, 2.45) is 5.92 Å². The summed E-state index contributed by atoms with van der Waals surface area (Å²) in [6.07, 6.45) is 4.37. The molecular weight excluding hydrogens is 192 g/mol. The van der Waals surface area contributed by atoms with Crippen molar-refractivity contribution in [2.45, 2.75) is 50.7 Å². The Kier molecular flexibility index (Phi) is 1.82. The molecule has 4 nitrogen and oxygen atoms in total. The molecule has 3 fully saturated rings. The number of carbonyl (C=O) groups excluding carboxylic acids is 2. The lowest BCUT2D eigenvalue weighted by atomic mass is 10.0. The van der Waals surface area contributed by atoms with Crippen LogP contribution in [0, 0.1) is 5.92 Å². The summed E-state index contributed by atoms with van der Waals surface area (Å²) in [5, 5.41) is 2.76. The molecule has 0 aromatic rings. The van der Waals surface area contributed by atoms with Crippen molar-refractivity contribution in [1.82, 2.24) is 10.2 Å². The van der Waals surface area contributed by atoms with Crippen LogP contribution in [0.15, 0.2) is 0 Å². The van der Waals surface area contributed by atoms with E-state index in [9.17, 15) is 9.59 Å². The molecule has 1 saturated carbocycles. The van der Waals surface area contributed by atoms with Crippen molar-refractivity contribution in [3.05, 3.63) is 0 Å². The van der Waals surface area contributed by atoms with Gasteiger partial charge in [-0.05, 0) is 32.1 Å². The smallest absolute Gasteiger partial charge is 0.245 e. The molecule has 0 spiro atoms. The van der Waals surface area contributed by atoms with Crippen molar-refractivity contribution in [3.63, 3.8) is 0 Å². The first-order valence-corrected chi connectivity index (χ1v) is 5.81. The second kappa shape index (κ2) is 2.97. The molecule has 82 valence electrons. The minimum absolute atomic E-state index is 0.0523. The van der Waals surface area contributed by atoms with Gasteiger partial charge in [0.05, 0.1) is 0 Å². The van der Waals surface area contributed by atoms with Crippen LogP contribution in [0.25, 0.3) is 0 Å². The Morgan fingerprint density at radius 3 is 2.93 bits per heavy atom. The molecule has 1 N–H and O–H groups in total. The fraction of sp³-hybridized carbons (Fsp3) is 0.818. The van der Waals surface area contributed by atoms with Crippen LogP contribution in [-0.2, 0) is 9.59 Å². The van der Waals surface area contributed by atoms with Crippen molar-refractivity contribution in [3.8, 4) is 0 Å². The Morgan fingerprint density at radius 1 is 1.33 bits per heavy atom. The first kappa shape index (κ1) is 9.19. The topological polar surface area (TPSA) is 49.4 Å². The minimum atomic E-state index is -0.326. The normalized spacial score (nSPS) is 43.9. The van der Waals surface area contributed by atoms with E-state index in [0.717, 1.165) is 12.8 Å². The molecule has 2 saturated heterocycles. The SMILES string of the molecule is C[C@@H]1NC(=O)[C@H]2C[C@@H]3CCC[C@H]3N2C1=O. The summed E-state index contributed by atoms with van der Waals surface area (Å²) in [5.74, 6) is 0.750. The third kappa shape index (κ3) is 1.13. The predicted octanol–water partition coefficient (Wildman–Crippen LogP) is 0.274. The molecule has 0 bridgehead atoms. The number of piperazine rings is 1. The summed E-state index contributed by atoms with van der Waals surface area (Å²) in [7, 11) is 0. The number of rotatable bonds is 0. The molecule has 4 heteroatoms. The summed E-state index contributed by atoms with van der Waals surface area (Å²) in [5.41, 5.74) is 0. The fourth-order valence-electron chi connectivity index (χ4n) is 3.44. The van der Waals surface area contributed by atoms with Gasteiger partial charge in [-0.1, -0.05) is 6.42 Å². The van der Waals surface area contributed by atoms with Crippen molar-refractivity contribution in [1.29, 1.82) is 0 Å². The third-order valence-corrected chi connectivity index (χ3v) is 4.12. The molecule has 1 aliphatic carbocycles. The minimum Gasteiger partial charge on any atom is -0.343 e. The standard InChI is InChI=1S/C11H16N2O2/c1-6-11(15)13-8-4-2-3-7(8)5-9(13)10(14)12-6/h6-9H,2-5H2,1H3,(H,12,14)/t6-,7-,8+,9+/m0/s1. The molecule has 2 aliphatic heterocycles. The Hall–Kier alpha value is -1.06. The predicted molar refractivity (Wildman–Crippen MR) is 54.0 cm³/mol. The fourth-order valence-corrected chi connectivity index (χ4v) is 3.44. The van der Waals surface area contributed by atoms with Gasteiger partial charge >= 0.3 is 0 Å². The zero-order chi connectivity index (χ0) is 10.6. The summed E-state index contributed by atoms with van der Waals surface area (Å²) in [4.78, 5) is 25.6. The van der Waals surface area contributed by atoms with Gasteiger partial charge in [0.15, 0.2) is 0 Å². The number of amides is 2. The number of fused-ring (bicyclic) bond motifs is 3. The summed E-state index contributed by atoms with van der Waals surface area (Å²) < 4.78 is 0. The quantitative estimate of drug-likeness (QED) is 0.621. The maximum Gasteiger partial charge on any atom is 0.245 e. The van der Waals surface area contributed by atoms with E-state index in [4.69, 9.17) is 0 Å². The van der Waals surface area contributed by atoms with Crippen molar-refractivity contribution < 1.29 is 9.59 Å². The van der Waals surface area contributed by atoms with E-state index in [-0.39, 0.29) is 23.9 Å². The van der Waals surface area contributed by atoms with E-state index in [2.05, 4.69) is 5.32 Å². The Labute approximate surface area is 89.0 Å². The molecule has 0 aromatic heterocycles. The first-order valence-electron chi connectivity index (χ1n) is 5.81. The number of carbonyl (C=O) groups is 2. The second-order valence-corrected chi connectivity index (χ2v) is 4.99. The van der Waals surface area contributed by atoms with Gasteiger partial charge in [0, 0.05) is 6.04 Å². The maximum atomic E-state index is 12.0. The number of hydrogen-bond donors (Lipinski definition) is 1. The lowest BCUT2D eigenvalue weighted by Gasteiger charge is -2.36. The number of nitrogens with zero attached hydrogens (tertiary/aromatic N) is 1. The van der Waals surface area contributed by atoms with E-state index < -0.39 is 0 Å². The molecular formula is C11H16N2O2. The third-order valence-electron chi connectivity index (χ3n) is 4.12. The van der Waals surface area contributed by atoms with Crippen LogP contribution in [0.2, 0.25) is 0 Å². The van der Waals surface area contributed by atoms with Gasteiger partial charge in [0.1, 0.15) is 12.1 Å². The number of nitrogens with one attached hydrogen (secondary N) is 1. The second-order valence-electron chi connectivity index (χ2n) is 4.99. The number of hydrogen-bond acceptors (Lipinski definition) is 2. The van der Waals surface area contributed by atoms with Gasteiger partial charge in [0.2, 0.25) is 11.8 Å². The molecule has 2 heterocycles. The molecule has 0 radical (unpaired) electrons. The molecule has 3 aliphatic rings. The van der Waals surface area contributed by atoms with Crippen molar-refractivity contribution >= 4 is 11.8 Å². The Morgan fingerprint density at radius 2 is 2.13 bits per heavy atom. The first-order chi connectivity index (χ1) is 7.18. The zero-order valence-corrected chi connectivity index (χ0v) is 8.90. The van der Waals surface area contributed by atoms with Crippen LogP contribution < -0.4 is 5.32 Å². The molecule has 3 rings (SSSR count). The molecule has 15 heavy (non-hydrogen) atoms. The van der Waals surface area contributed by atoms with Crippen LogP contribution >= 0.6 is 0 Å². The van der Waals surface area contributed by atoms with Gasteiger partial charge < -0.3 is 10.2 Å². The van der Waals surface area contributed by atoms with Crippen LogP contribution in [0.4, 0.5) is 0 Å². The molecule has 0 aromatic carbocycles. The monoisotopic (exact) mass is 208 g/mol. The summed E-state index contributed by atoms with van der Waals surface area (Å²) in [6, 6.07) is -0.131. The van der Waals surface area contributed by atoms with Crippen LogP contribution in [0.1, 0.15) is 32.6 Å². The zero-order valence-electron chi connectivity index (χ0n) is 8.90. The van der Waals surface area contributed by atoms with E-state index in [1.54, 1.807) is 6.92 Å². The Balaban J connectivity index is 1.93. The average Bonchev–Trinajstić information content (AvgIpc) is 2.72. The summed E-state index contributed by atoms with van der Waals surface area (Å²) in [6.45, 7) is 1.78. The molecule has 2 amide bonds. The maximum absolute atomic E-state index is 12.0. The molecule has 0 unspecified atom stereocenters. The van der Waals surface area contributed by atoms with Gasteiger partial charge in [-0.25, -0.2) is 0 Å². The van der Waals surface area contributed by atoms with Gasteiger partial charge in [-0.3, -0.25) is 9.59 Å².